The number of nitrogens with zero attached hydrogens (tertiary/aromatic N) is 1. The Morgan fingerprint density at radius 2 is 2.04 bits per heavy atom. The van der Waals surface area contributed by atoms with E-state index in [4.69, 9.17) is 10.4 Å². The smallest absolute Gasteiger partial charge is 0.396 e. The number of nitriles is 1. The molecule has 2 amide bonds. The van der Waals surface area contributed by atoms with Gasteiger partial charge < -0.3 is 15.7 Å². The zero-order valence-corrected chi connectivity index (χ0v) is 12.7. The molecule has 1 unspecified atom stereocenters. The Morgan fingerprint density at radius 1 is 1.39 bits per heavy atom. The largest absolute Gasteiger partial charge is 0.417 e. The quantitative estimate of drug-likeness (QED) is 0.776. The number of carbonyl (C=O) groups excluding carboxylic acids is 1. The van der Waals surface area contributed by atoms with Crippen molar-refractivity contribution in [2.24, 2.45) is 5.92 Å². The van der Waals surface area contributed by atoms with E-state index in [0.29, 0.717) is 12.5 Å². The molecule has 0 fully saturated rings. The fourth-order valence-corrected chi connectivity index (χ4v) is 2.00. The van der Waals surface area contributed by atoms with Crippen molar-refractivity contribution >= 4 is 11.7 Å². The molecule has 3 N–H and O–H groups in total. The van der Waals surface area contributed by atoms with Crippen LogP contribution < -0.4 is 10.6 Å². The van der Waals surface area contributed by atoms with E-state index in [1.807, 2.05) is 13.8 Å². The van der Waals surface area contributed by atoms with Crippen molar-refractivity contribution in [3.63, 3.8) is 0 Å². The van der Waals surface area contributed by atoms with Crippen molar-refractivity contribution in [2.75, 3.05) is 11.9 Å². The molecule has 0 aliphatic rings. The van der Waals surface area contributed by atoms with Gasteiger partial charge in [0.1, 0.15) is 0 Å². The maximum atomic E-state index is 12.9. The van der Waals surface area contributed by atoms with E-state index in [0.717, 1.165) is 6.07 Å². The van der Waals surface area contributed by atoms with E-state index in [-0.39, 0.29) is 24.3 Å². The molecule has 126 valence electrons. The van der Waals surface area contributed by atoms with Crippen molar-refractivity contribution in [3.05, 3.63) is 29.3 Å². The molecule has 5 nitrogen and oxygen atoms in total. The van der Waals surface area contributed by atoms with Crippen LogP contribution in [0.5, 0.6) is 0 Å². The molecule has 1 rings (SSSR count). The van der Waals surface area contributed by atoms with Crippen LogP contribution in [0.4, 0.5) is 23.7 Å². The van der Waals surface area contributed by atoms with Crippen molar-refractivity contribution in [3.8, 4) is 6.07 Å². The number of carbonyl (C=O) groups is 1. The molecule has 0 saturated heterocycles. The zero-order chi connectivity index (χ0) is 17.6. The number of aliphatic hydroxyl groups is 1. The van der Waals surface area contributed by atoms with Crippen LogP contribution in [0.1, 0.15) is 31.4 Å². The van der Waals surface area contributed by atoms with Crippen LogP contribution in [0.3, 0.4) is 0 Å². The van der Waals surface area contributed by atoms with E-state index in [2.05, 4.69) is 10.6 Å². The highest BCUT2D eigenvalue weighted by Crippen LogP contribution is 2.33. The van der Waals surface area contributed by atoms with Crippen LogP contribution >= 0.6 is 0 Å². The lowest BCUT2D eigenvalue weighted by atomic mass is 10.0. The van der Waals surface area contributed by atoms with Crippen molar-refractivity contribution < 1.29 is 23.1 Å². The Bertz CT molecular complexity index is 595. The van der Waals surface area contributed by atoms with Crippen molar-refractivity contribution in [1.82, 2.24) is 5.32 Å². The van der Waals surface area contributed by atoms with Gasteiger partial charge in [0.15, 0.2) is 0 Å². The summed E-state index contributed by atoms with van der Waals surface area (Å²) < 4.78 is 38.6. The second kappa shape index (κ2) is 7.83. The topological polar surface area (TPSA) is 85.2 Å². The molecule has 1 aromatic rings. The van der Waals surface area contributed by atoms with Gasteiger partial charge in [-0.05, 0) is 30.5 Å². The van der Waals surface area contributed by atoms with Gasteiger partial charge in [-0.15, -0.1) is 0 Å². The number of nitrogens with one attached hydrogen (secondary N) is 2. The van der Waals surface area contributed by atoms with Gasteiger partial charge in [0.05, 0.1) is 17.2 Å². The third-order valence-electron chi connectivity index (χ3n) is 3.26. The standard InChI is InChI=1S/C15H18F3N3O2/c1-9(2)13(5-6-22)21-14(23)20-11-4-3-10(8-19)12(7-11)15(16,17)18/h3-4,7,9,13,22H,5-6H2,1-2H3,(H2,20,21,23). The molecule has 0 aliphatic heterocycles. The predicted molar refractivity (Wildman–Crippen MR) is 78.6 cm³/mol. The van der Waals surface area contributed by atoms with Crippen molar-refractivity contribution in [2.45, 2.75) is 32.5 Å². The fraction of sp³-hybridized carbons (Fsp3) is 0.467. The van der Waals surface area contributed by atoms with Gasteiger partial charge in [-0.1, -0.05) is 13.8 Å². The molecule has 0 aliphatic carbocycles. The highest BCUT2D eigenvalue weighted by atomic mass is 19.4. The van der Waals surface area contributed by atoms with Crippen LogP contribution in [-0.2, 0) is 6.18 Å². The summed E-state index contributed by atoms with van der Waals surface area (Å²) in [5.41, 5.74) is -1.68. The highest BCUT2D eigenvalue weighted by Gasteiger charge is 2.34. The normalized spacial score (nSPS) is 12.6. The first-order valence-corrected chi connectivity index (χ1v) is 6.98. The van der Waals surface area contributed by atoms with Gasteiger partial charge >= 0.3 is 12.2 Å². The van der Waals surface area contributed by atoms with E-state index in [1.54, 1.807) is 0 Å². The molecule has 0 aromatic heterocycles. The summed E-state index contributed by atoms with van der Waals surface area (Å²) in [4.78, 5) is 11.9. The summed E-state index contributed by atoms with van der Waals surface area (Å²) in [7, 11) is 0. The van der Waals surface area contributed by atoms with E-state index in [1.165, 1.54) is 12.1 Å². The van der Waals surface area contributed by atoms with Gasteiger partial charge in [-0.2, -0.15) is 18.4 Å². The lowest BCUT2D eigenvalue weighted by Crippen LogP contribution is -2.41. The first-order chi connectivity index (χ1) is 10.7. The van der Waals surface area contributed by atoms with Crippen LogP contribution in [0, 0.1) is 17.2 Å². The summed E-state index contributed by atoms with van der Waals surface area (Å²) in [6.45, 7) is 3.59. The van der Waals surface area contributed by atoms with Gasteiger partial charge in [0.25, 0.3) is 0 Å². The number of alkyl halides is 3. The lowest BCUT2D eigenvalue weighted by molar-refractivity contribution is -0.137. The SMILES string of the molecule is CC(C)C(CCO)NC(=O)Nc1ccc(C#N)c(C(F)(F)F)c1. The summed E-state index contributed by atoms with van der Waals surface area (Å²) in [6, 6.07) is 3.44. The molecule has 23 heavy (non-hydrogen) atoms. The van der Waals surface area contributed by atoms with Crippen molar-refractivity contribution in [1.29, 1.82) is 5.26 Å². The maximum absolute atomic E-state index is 12.9. The second-order valence-electron chi connectivity index (χ2n) is 5.33. The number of benzene rings is 1. The van der Waals surface area contributed by atoms with Gasteiger partial charge in [-0.25, -0.2) is 4.79 Å². The minimum Gasteiger partial charge on any atom is -0.396 e. The Hall–Kier alpha value is -2.27. The number of anilines is 1. The fourth-order valence-electron chi connectivity index (χ4n) is 2.00. The number of amides is 2. The number of hydrogen-bond acceptors (Lipinski definition) is 3. The van der Waals surface area contributed by atoms with Crippen LogP contribution in [0.15, 0.2) is 18.2 Å². The molecule has 0 saturated carbocycles. The molecule has 8 heteroatoms. The maximum Gasteiger partial charge on any atom is 0.417 e. The monoisotopic (exact) mass is 329 g/mol. The minimum atomic E-state index is -4.68. The van der Waals surface area contributed by atoms with Crippen LogP contribution in [0.25, 0.3) is 0 Å². The minimum absolute atomic E-state index is 0.0552. The molecule has 0 radical (unpaired) electrons. The van der Waals surface area contributed by atoms with Gasteiger partial charge in [-0.3, -0.25) is 0 Å². The average Bonchev–Trinajstić information content (AvgIpc) is 2.45. The Labute approximate surface area is 132 Å². The highest BCUT2D eigenvalue weighted by molar-refractivity contribution is 5.89. The van der Waals surface area contributed by atoms with Crippen LogP contribution in [-0.4, -0.2) is 23.8 Å². The summed E-state index contributed by atoms with van der Waals surface area (Å²) in [5, 5.41) is 22.6. The average molecular weight is 329 g/mol. The molecule has 1 aromatic carbocycles. The summed E-state index contributed by atoms with van der Waals surface area (Å²) in [5.74, 6) is 0.0552. The van der Waals surface area contributed by atoms with Gasteiger partial charge in [0.2, 0.25) is 0 Å². The van der Waals surface area contributed by atoms with Crippen LogP contribution in [0.2, 0.25) is 0 Å². The zero-order valence-electron chi connectivity index (χ0n) is 12.7. The summed E-state index contributed by atoms with van der Waals surface area (Å²) in [6.07, 6.45) is -4.34. The molecule has 0 heterocycles. The number of halogens is 3. The van der Waals surface area contributed by atoms with Gasteiger partial charge in [0, 0.05) is 18.3 Å². The lowest BCUT2D eigenvalue weighted by Gasteiger charge is -2.22. The second-order valence-corrected chi connectivity index (χ2v) is 5.33. The predicted octanol–water partition coefficient (Wildman–Crippen LogP) is 3.11. The number of aliphatic hydroxyl groups excluding tert-OH is 1. The Balaban J connectivity index is 2.89. The number of hydrogen-bond donors (Lipinski definition) is 3. The molecule has 0 bridgehead atoms. The molecule has 1 atom stereocenters. The van der Waals surface area contributed by atoms with E-state index < -0.39 is 23.3 Å². The molecule has 0 spiro atoms. The third-order valence-corrected chi connectivity index (χ3v) is 3.26. The molecular formula is C15H18F3N3O2. The number of urea groups is 1. The van der Waals surface area contributed by atoms with E-state index >= 15 is 0 Å². The van der Waals surface area contributed by atoms with E-state index in [9.17, 15) is 18.0 Å². The third kappa shape index (κ3) is 5.45. The number of rotatable bonds is 5. The first-order valence-electron chi connectivity index (χ1n) is 6.98. The first kappa shape index (κ1) is 18.8. The Morgan fingerprint density at radius 3 is 2.52 bits per heavy atom. The summed E-state index contributed by atoms with van der Waals surface area (Å²) >= 11 is 0. The Kier molecular flexibility index (Phi) is 6.39. The molecular weight excluding hydrogens is 311 g/mol.